The van der Waals surface area contributed by atoms with Crippen LogP contribution in [0.15, 0.2) is 53.9 Å². The van der Waals surface area contributed by atoms with E-state index >= 15 is 0 Å². The predicted octanol–water partition coefficient (Wildman–Crippen LogP) is 4.97. The van der Waals surface area contributed by atoms with Gasteiger partial charge in [0.25, 0.3) is 5.91 Å². The number of carboxylic acids is 1. The van der Waals surface area contributed by atoms with Crippen molar-refractivity contribution in [1.82, 2.24) is 9.97 Å². The monoisotopic (exact) mass is 452 g/mol. The molecule has 0 saturated carbocycles. The van der Waals surface area contributed by atoms with E-state index in [9.17, 15) is 14.7 Å². The SMILES string of the molecule is Cc1nc(NC(=O)c2ccccc2)sc1-c1csc(Nc2ccc(C(=O)O)c(O)c2)n1. The maximum atomic E-state index is 12.3. The molecule has 4 rings (SSSR count). The van der Waals surface area contributed by atoms with E-state index < -0.39 is 5.97 Å². The summed E-state index contributed by atoms with van der Waals surface area (Å²) in [6.45, 7) is 1.85. The zero-order chi connectivity index (χ0) is 22.0. The Labute approximate surface area is 184 Å². The average molecular weight is 453 g/mol. The maximum Gasteiger partial charge on any atom is 0.339 e. The largest absolute Gasteiger partial charge is 0.507 e. The van der Waals surface area contributed by atoms with Gasteiger partial charge in [-0.05, 0) is 31.2 Å². The van der Waals surface area contributed by atoms with Crippen LogP contribution in [0.4, 0.5) is 16.0 Å². The van der Waals surface area contributed by atoms with Crippen molar-refractivity contribution in [3.05, 3.63) is 70.7 Å². The lowest BCUT2D eigenvalue weighted by Gasteiger charge is -2.05. The van der Waals surface area contributed by atoms with Crippen LogP contribution in [0, 0.1) is 6.92 Å². The van der Waals surface area contributed by atoms with Crippen molar-refractivity contribution in [2.45, 2.75) is 6.92 Å². The third kappa shape index (κ3) is 4.55. The first-order valence-corrected chi connectivity index (χ1v) is 10.7. The zero-order valence-electron chi connectivity index (χ0n) is 16.1. The standard InChI is InChI=1S/C21H16N4O4S2/c1-11-17(31-21(22-11)25-18(27)12-5-3-2-4-6-12)15-10-30-20(24-15)23-13-7-8-14(19(28)29)16(26)9-13/h2-10,26H,1H3,(H,23,24)(H,28,29)(H,22,25,27). The first-order valence-electron chi connectivity index (χ1n) is 9.04. The van der Waals surface area contributed by atoms with Crippen molar-refractivity contribution in [3.63, 3.8) is 0 Å². The Kier molecular flexibility index (Phi) is 5.65. The third-order valence-electron chi connectivity index (χ3n) is 4.27. The number of hydrogen-bond donors (Lipinski definition) is 4. The number of aromatic hydroxyl groups is 1. The number of rotatable bonds is 6. The number of anilines is 3. The van der Waals surface area contributed by atoms with Gasteiger partial charge in [-0.2, -0.15) is 0 Å². The summed E-state index contributed by atoms with van der Waals surface area (Å²) in [5.74, 6) is -1.76. The van der Waals surface area contributed by atoms with Gasteiger partial charge >= 0.3 is 5.97 Å². The molecule has 0 bridgehead atoms. The molecule has 0 fully saturated rings. The number of thiazole rings is 2. The summed E-state index contributed by atoms with van der Waals surface area (Å²) in [4.78, 5) is 33.2. The summed E-state index contributed by atoms with van der Waals surface area (Å²) >= 11 is 2.69. The Morgan fingerprint density at radius 2 is 1.81 bits per heavy atom. The molecule has 4 N–H and O–H groups in total. The van der Waals surface area contributed by atoms with Gasteiger partial charge in [0, 0.05) is 22.7 Å². The molecule has 0 aliphatic carbocycles. The first-order chi connectivity index (χ1) is 14.9. The van der Waals surface area contributed by atoms with E-state index in [0.29, 0.717) is 27.2 Å². The van der Waals surface area contributed by atoms with Crippen molar-refractivity contribution < 1.29 is 19.8 Å². The quantitative estimate of drug-likeness (QED) is 0.325. The summed E-state index contributed by atoms with van der Waals surface area (Å²) in [6.07, 6.45) is 0. The fourth-order valence-electron chi connectivity index (χ4n) is 2.80. The molecule has 0 spiro atoms. The van der Waals surface area contributed by atoms with E-state index in [1.54, 1.807) is 30.3 Å². The average Bonchev–Trinajstić information content (AvgIpc) is 3.34. The summed E-state index contributed by atoms with van der Waals surface area (Å²) in [7, 11) is 0. The highest BCUT2D eigenvalue weighted by Crippen LogP contribution is 2.35. The van der Waals surface area contributed by atoms with Gasteiger partial charge < -0.3 is 15.5 Å². The van der Waals surface area contributed by atoms with E-state index in [1.165, 1.54) is 34.8 Å². The molecule has 0 saturated heterocycles. The molecule has 156 valence electrons. The summed E-state index contributed by atoms with van der Waals surface area (Å²) in [6, 6.07) is 13.1. The van der Waals surface area contributed by atoms with Crippen molar-refractivity contribution in [2.24, 2.45) is 0 Å². The molecule has 2 aromatic heterocycles. The van der Waals surface area contributed by atoms with Gasteiger partial charge in [0.1, 0.15) is 11.3 Å². The summed E-state index contributed by atoms with van der Waals surface area (Å²) in [5, 5.41) is 27.6. The Balaban J connectivity index is 1.50. The predicted molar refractivity (Wildman–Crippen MR) is 121 cm³/mol. The van der Waals surface area contributed by atoms with Crippen LogP contribution in [-0.4, -0.2) is 32.1 Å². The molecular formula is C21H16N4O4S2. The summed E-state index contributed by atoms with van der Waals surface area (Å²) in [5.41, 5.74) is 2.34. The van der Waals surface area contributed by atoms with Gasteiger partial charge in [0.05, 0.1) is 16.3 Å². The molecule has 0 aliphatic heterocycles. The van der Waals surface area contributed by atoms with Crippen LogP contribution < -0.4 is 10.6 Å². The van der Waals surface area contributed by atoms with Crippen LogP contribution in [0.3, 0.4) is 0 Å². The smallest absolute Gasteiger partial charge is 0.339 e. The number of amides is 1. The zero-order valence-corrected chi connectivity index (χ0v) is 17.8. The second-order valence-corrected chi connectivity index (χ2v) is 8.31. The molecule has 0 aliphatic rings. The second-order valence-electron chi connectivity index (χ2n) is 6.45. The van der Waals surface area contributed by atoms with Crippen molar-refractivity contribution in [3.8, 4) is 16.3 Å². The van der Waals surface area contributed by atoms with Gasteiger partial charge in [-0.25, -0.2) is 14.8 Å². The van der Waals surface area contributed by atoms with E-state index in [4.69, 9.17) is 5.11 Å². The minimum Gasteiger partial charge on any atom is -0.507 e. The Morgan fingerprint density at radius 1 is 1.03 bits per heavy atom. The molecule has 2 heterocycles. The molecule has 1 amide bonds. The first kappa shape index (κ1) is 20.5. The van der Waals surface area contributed by atoms with Crippen LogP contribution in [0.2, 0.25) is 0 Å². The molecular weight excluding hydrogens is 436 g/mol. The lowest BCUT2D eigenvalue weighted by Crippen LogP contribution is -2.11. The third-order valence-corrected chi connectivity index (χ3v) is 6.12. The van der Waals surface area contributed by atoms with Crippen molar-refractivity contribution in [1.29, 1.82) is 0 Å². The van der Waals surface area contributed by atoms with E-state index in [-0.39, 0.29) is 17.2 Å². The molecule has 10 heteroatoms. The number of hydrogen-bond acceptors (Lipinski definition) is 8. The molecule has 0 atom stereocenters. The van der Waals surface area contributed by atoms with Crippen LogP contribution in [0.25, 0.3) is 10.6 Å². The van der Waals surface area contributed by atoms with E-state index in [0.717, 1.165) is 10.6 Å². The number of benzene rings is 2. The highest BCUT2D eigenvalue weighted by atomic mass is 32.1. The number of carboxylic acid groups (broad SMARTS) is 1. The van der Waals surface area contributed by atoms with E-state index in [2.05, 4.69) is 20.6 Å². The highest BCUT2D eigenvalue weighted by Gasteiger charge is 2.16. The van der Waals surface area contributed by atoms with Crippen LogP contribution in [0.1, 0.15) is 26.4 Å². The van der Waals surface area contributed by atoms with Gasteiger partial charge in [-0.3, -0.25) is 10.1 Å². The fraction of sp³-hybridized carbons (Fsp3) is 0.0476. The van der Waals surface area contributed by atoms with Crippen LogP contribution in [0.5, 0.6) is 5.75 Å². The number of carbonyl (C=O) groups excluding carboxylic acids is 1. The Bertz CT molecular complexity index is 1270. The number of phenols is 1. The lowest BCUT2D eigenvalue weighted by atomic mass is 10.2. The Morgan fingerprint density at radius 3 is 2.52 bits per heavy atom. The number of nitrogens with zero attached hydrogens (tertiary/aromatic N) is 2. The fourth-order valence-corrected chi connectivity index (χ4v) is 4.51. The van der Waals surface area contributed by atoms with Gasteiger partial charge in [0.2, 0.25) is 0 Å². The normalized spacial score (nSPS) is 10.6. The highest BCUT2D eigenvalue weighted by molar-refractivity contribution is 7.20. The van der Waals surface area contributed by atoms with Gasteiger partial charge in [0.15, 0.2) is 10.3 Å². The lowest BCUT2D eigenvalue weighted by molar-refractivity contribution is 0.0693. The molecule has 0 unspecified atom stereocenters. The maximum absolute atomic E-state index is 12.3. The second kappa shape index (κ2) is 8.54. The summed E-state index contributed by atoms with van der Waals surface area (Å²) < 4.78 is 0. The van der Waals surface area contributed by atoms with Crippen molar-refractivity contribution >= 4 is 50.5 Å². The minimum absolute atomic E-state index is 0.171. The topological polar surface area (TPSA) is 124 Å². The van der Waals surface area contributed by atoms with Crippen LogP contribution in [-0.2, 0) is 0 Å². The number of aromatic nitrogens is 2. The molecule has 2 aromatic carbocycles. The molecule has 31 heavy (non-hydrogen) atoms. The molecule has 0 radical (unpaired) electrons. The number of aryl methyl sites for hydroxylation is 1. The molecule has 4 aromatic rings. The number of nitrogens with one attached hydrogen (secondary N) is 2. The van der Waals surface area contributed by atoms with Gasteiger partial charge in [-0.15, -0.1) is 11.3 Å². The van der Waals surface area contributed by atoms with Crippen LogP contribution >= 0.6 is 22.7 Å². The Hall–Kier alpha value is -3.76. The van der Waals surface area contributed by atoms with Gasteiger partial charge in [-0.1, -0.05) is 29.5 Å². The molecule has 8 nitrogen and oxygen atoms in total. The van der Waals surface area contributed by atoms with E-state index in [1.807, 2.05) is 18.4 Å². The van der Waals surface area contributed by atoms with Crippen molar-refractivity contribution in [2.75, 3.05) is 10.6 Å². The number of aromatic carboxylic acids is 1. The minimum atomic E-state index is -1.20. The number of carbonyl (C=O) groups is 2.